The van der Waals surface area contributed by atoms with E-state index in [4.69, 9.17) is 5.26 Å². The lowest BCUT2D eigenvalue weighted by Gasteiger charge is -2.27. The van der Waals surface area contributed by atoms with Crippen LogP contribution < -0.4 is 4.90 Å². The smallest absolute Gasteiger partial charge is 0.310 e. The van der Waals surface area contributed by atoms with Gasteiger partial charge in [-0.15, -0.1) is 0 Å². The van der Waals surface area contributed by atoms with Crippen molar-refractivity contribution in [3.8, 4) is 6.07 Å². The molecule has 1 aromatic rings. The van der Waals surface area contributed by atoms with Gasteiger partial charge in [0.15, 0.2) is 0 Å². The van der Waals surface area contributed by atoms with Gasteiger partial charge < -0.3 is 4.90 Å². The Bertz CT molecular complexity index is 999. The lowest BCUT2D eigenvalue weighted by atomic mass is 10.0. The summed E-state index contributed by atoms with van der Waals surface area (Å²) < 4.78 is 66.2. The molecular weight excluding hydrogens is 427 g/mol. The Labute approximate surface area is 171 Å². The van der Waals surface area contributed by atoms with Crippen LogP contribution in [0.5, 0.6) is 0 Å². The number of amides is 3. The Hall–Kier alpha value is -2.65. The molecule has 0 unspecified atom stereocenters. The number of nitriles is 1. The van der Waals surface area contributed by atoms with Crippen LogP contribution in [0.4, 0.5) is 23.7 Å². The molecule has 0 saturated carbocycles. The zero-order valence-electron chi connectivity index (χ0n) is 16.5. The first-order valence-corrected chi connectivity index (χ1v) is 10.6. The first-order valence-electron chi connectivity index (χ1n) is 8.82. The number of carbonyl (C=O) groups excluding carboxylic acids is 2. The average molecular weight is 447 g/mol. The summed E-state index contributed by atoms with van der Waals surface area (Å²) in [5.74, 6) is -0.710. The van der Waals surface area contributed by atoms with Gasteiger partial charge in [0.1, 0.15) is 5.54 Å². The fourth-order valence-electron chi connectivity index (χ4n) is 3.02. The van der Waals surface area contributed by atoms with Gasteiger partial charge in [0.2, 0.25) is 0 Å². The summed E-state index contributed by atoms with van der Waals surface area (Å²) in [6.45, 7) is 2.91. The van der Waals surface area contributed by atoms with E-state index in [1.165, 1.54) is 24.8 Å². The summed E-state index contributed by atoms with van der Waals surface area (Å²) in [5, 5.41) is 8.90. The minimum atomic E-state index is -4.83. The number of halogens is 3. The number of hydrogen-bond acceptors (Lipinski definition) is 6. The van der Waals surface area contributed by atoms with Crippen molar-refractivity contribution in [2.45, 2.75) is 38.4 Å². The third-order valence-electron chi connectivity index (χ3n) is 4.58. The highest BCUT2D eigenvalue weighted by Crippen LogP contribution is 2.37. The Morgan fingerprint density at radius 1 is 1.20 bits per heavy atom. The third kappa shape index (κ3) is 4.91. The fraction of sp³-hybridized carbons (Fsp3) is 0.500. The Kier molecular flexibility index (Phi) is 6.48. The molecule has 1 fully saturated rings. The van der Waals surface area contributed by atoms with Gasteiger partial charge in [-0.25, -0.2) is 9.69 Å². The molecule has 1 heterocycles. The summed E-state index contributed by atoms with van der Waals surface area (Å²) in [6, 6.07) is 3.28. The van der Waals surface area contributed by atoms with E-state index in [-0.39, 0.29) is 25.3 Å². The van der Waals surface area contributed by atoms with Crippen molar-refractivity contribution in [2.75, 3.05) is 24.3 Å². The van der Waals surface area contributed by atoms with Gasteiger partial charge in [-0.3, -0.25) is 8.98 Å². The van der Waals surface area contributed by atoms with Crippen molar-refractivity contribution in [2.24, 2.45) is 0 Å². The predicted molar refractivity (Wildman–Crippen MR) is 99.9 cm³/mol. The third-order valence-corrected chi connectivity index (χ3v) is 5.18. The summed E-state index contributed by atoms with van der Waals surface area (Å²) in [4.78, 5) is 27.5. The lowest BCUT2D eigenvalue weighted by Crippen LogP contribution is -2.44. The van der Waals surface area contributed by atoms with E-state index in [0.29, 0.717) is 17.4 Å². The highest BCUT2D eigenvalue weighted by molar-refractivity contribution is 7.85. The number of hydrogen-bond donors (Lipinski definition) is 0. The molecule has 0 radical (unpaired) electrons. The molecule has 1 aromatic carbocycles. The van der Waals surface area contributed by atoms with Gasteiger partial charge in [0, 0.05) is 6.54 Å². The Morgan fingerprint density at radius 3 is 2.37 bits per heavy atom. The van der Waals surface area contributed by atoms with E-state index in [1.54, 1.807) is 0 Å². The molecule has 2 rings (SSSR count). The molecule has 0 spiro atoms. The van der Waals surface area contributed by atoms with E-state index in [2.05, 4.69) is 4.18 Å². The van der Waals surface area contributed by atoms with Gasteiger partial charge >= 0.3 is 12.2 Å². The van der Waals surface area contributed by atoms with E-state index < -0.39 is 44.9 Å². The number of imide groups is 1. The minimum absolute atomic E-state index is 0.0730. The molecule has 164 valence electrons. The van der Waals surface area contributed by atoms with Crippen LogP contribution in [-0.2, 0) is 25.3 Å². The number of rotatable bonds is 7. The summed E-state index contributed by atoms with van der Waals surface area (Å²) in [5.41, 5.74) is -3.46. The highest BCUT2D eigenvalue weighted by Gasteiger charge is 2.51. The molecule has 1 aliphatic heterocycles. The van der Waals surface area contributed by atoms with Crippen LogP contribution >= 0.6 is 0 Å². The van der Waals surface area contributed by atoms with Crippen LogP contribution in [0.25, 0.3) is 0 Å². The molecule has 0 bridgehead atoms. The molecule has 3 amide bonds. The van der Waals surface area contributed by atoms with E-state index in [0.717, 1.165) is 18.4 Å². The van der Waals surface area contributed by atoms with Crippen LogP contribution in [0.3, 0.4) is 0 Å². The van der Waals surface area contributed by atoms with Gasteiger partial charge in [-0.2, -0.15) is 26.9 Å². The zero-order chi connectivity index (χ0) is 22.9. The molecular formula is C18H20F3N3O5S. The minimum Gasteiger partial charge on any atom is -0.310 e. The van der Waals surface area contributed by atoms with Crippen molar-refractivity contribution in [3.63, 3.8) is 0 Å². The number of anilines is 1. The van der Waals surface area contributed by atoms with Gasteiger partial charge in [0.25, 0.3) is 16.0 Å². The monoisotopic (exact) mass is 447 g/mol. The first-order chi connectivity index (χ1) is 13.7. The summed E-state index contributed by atoms with van der Waals surface area (Å²) in [7, 11) is -3.59. The number of unbranched alkanes of at least 4 members (excludes halogenated alkanes) is 1. The Morgan fingerprint density at radius 2 is 1.83 bits per heavy atom. The van der Waals surface area contributed by atoms with Crippen LogP contribution in [0, 0.1) is 11.3 Å². The maximum atomic E-state index is 13.2. The molecule has 12 heteroatoms. The quantitative estimate of drug-likeness (QED) is 0.361. The number of benzene rings is 1. The van der Waals surface area contributed by atoms with Crippen molar-refractivity contribution in [3.05, 3.63) is 29.3 Å². The van der Waals surface area contributed by atoms with E-state index in [1.807, 2.05) is 0 Å². The summed E-state index contributed by atoms with van der Waals surface area (Å²) in [6.07, 6.45) is -3.33. The topological polar surface area (TPSA) is 108 Å². The molecule has 0 aromatic heterocycles. The standard InChI is InChI=1S/C18H20F3N3O5S/c1-17(2)15(25)24(13-7-6-12(11-22)14(10-13)18(19,20)21)16(26)23(17)8-4-5-9-29-30(3,27)28/h6-7,10H,4-5,8-9H2,1-3H3. The molecule has 30 heavy (non-hydrogen) atoms. The van der Waals surface area contributed by atoms with Crippen molar-refractivity contribution < 1.29 is 35.4 Å². The normalized spacial score (nSPS) is 16.8. The van der Waals surface area contributed by atoms with E-state index in [9.17, 15) is 31.2 Å². The van der Waals surface area contributed by atoms with Gasteiger partial charge in [0.05, 0.1) is 35.7 Å². The second-order valence-corrected chi connectivity index (χ2v) is 8.85. The molecule has 8 nitrogen and oxygen atoms in total. The van der Waals surface area contributed by atoms with Crippen LogP contribution in [0.1, 0.15) is 37.8 Å². The van der Waals surface area contributed by atoms with Gasteiger partial charge in [-0.05, 0) is 44.9 Å². The number of carbonyl (C=O) groups is 2. The summed E-state index contributed by atoms with van der Waals surface area (Å²) >= 11 is 0. The number of nitrogens with zero attached hydrogens (tertiary/aromatic N) is 3. The molecule has 0 aliphatic carbocycles. The molecule has 0 atom stereocenters. The highest BCUT2D eigenvalue weighted by atomic mass is 32.2. The van der Waals surface area contributed by atoms with Crippen molar-refractivity contribution in [1.82, 2.24) is 4.90 Å². The average Bonchev–Trinajstić information content (AvgIpc) is 2.78. The zero-order valence-corrected chi connectivity index (χ0v) is 17.3. The van der Waals surface area contributed by atoms with Gasteiger partial charge in [-0.1, -0.05) is 0 Å². The predicted octanol–water partition coefficient (Wildman–Crippen LogP) is 2.88. The molecule has 1 saturated heterocycles. The maximum Gasteiger partial charge on any atom is 0.417 e. The fourth-order valence-corrected chi connectivity index (χ4v) is 3.44. The Balaban J connectivity index is 2.24. The van der Waals surface area contributed by atoms with Crippen LogP contribution in [0.15, 0.2) is 18.2 Å². The maximum absolute atomic E-state index is 13.2. The lowest BCUT2D eigenvalue weighted by molar-refractivity contribution is -0.137. The van der Waals surface area contributed by atoms with Crippen LogP contribution in [-0.4, -0.2) is 50.2 Å². The van der Waals surface area contributed by atoms with Crippen LogP contribution in [0.2, 0.25) is 0 Å². The number of alkyl halides is 3. The first kappa shape index (κ1) is 23.6. The SMILES string of the molecule is CC1(C)C(=O)N(c2ccc(C#N)c(C(F)(F)F)c2)C(=O)N1CCCCOS(C)(=O)=O. The van der Waals surface area contributed by atoms with E-state index >= 15 is 0 Å². The molecule has 0 N–H and O–H groups in total. The van der Waals surface area contributed by atoms with Crippen molar-refractivity contribution in [1.29, 1.82) is 5.26 Å². The largest absolute Gasteiger partial charge is 0.417 e. The van der Waals surface area contributed by atoms with Crippen molar-refractivity contribution >= 4 is 27.7 Å². The number of urea groups is 1. The second-order valence-electron chi connectivity index (χ2n) is 7.21. The molecule has 1 aliphatic rings. The second kappa shape index (κ2) is 8.23.